The van der Waals surface area contributed by atoms with Crippen molar-refractivity contribution in [3.8, 4) is 11.5 Å². The molecule has 0 radical (unpaired) electrons. The average Bonchev–Trinajstić information content (AvgIpc) is 3.44. The average molecular weight is 593 g/mol. The number of carbonyl (C=O) groups is 2. The van der Waals surface area contributed by atoms with Crippen LogP contribution in [0.3, 0.4) is 0 Å². The number of fused-ring (bicyclic) bond motifs is 1. The standard InChI is InChI=1S/C34H36N6O4/c1-23-10-6-7-11-25(23)21-39(32(41)22-40-29-13-9-8-12-28(29)36-37-40)33(24-14-19-30(43-4)31(20-24)44-5)34(42)35-26-15-17-27(18-16-26)38(2)3/h6-20,33H,21-22H2,1-5H3,(H,35,42). The number of carbonyl (C=O) groups excluding carboxylic acids is 2. The van der Waals surface area contributed by atoms with E-state index in [9.17, 15) is 9.59 Å². The van der Waals surface area contributed by atoms with Gasteiger partial charge in [-0.3, -0.25) is 9.59 Å². The van der Waals surface area contributed by atoms with Gasteiger partial charge in [0.15, 0.2) is 11.5 Å². The van der Waals surface area contributed by atoms with Crippen LogP contribution in [0.1, 0.15) is 22.7 Å². The summed E-state index contributed by atoms with van der Waals surface area (Å²) in [5.41, 5.74) is 5.49. The molecule has 5 rings (SSSR count). The zero-order valence-electron chi connectivity index (χ0n) is 25.5. The van der Waals surface area contributed by atoms with E-state index in [1.807, 2.05) is 98.7 Å². The Balaban J connectivity index is 1.59. The van der Waals surface area contributed by atoms with Crippen LogP contribution in [0.4, 0.5) is 11.4 Å². The number of benzene rings is 4. The SMILES string of the molecule is COc1ccc(C(C(=O)Nc2ccc(N(C)C)cc2)N(Cc2ccccc2C)C(=O)Cn2nnc3ccccc32)cc1OC. The van der Waals surface area contributed by atoms with Gasteiger partial charge in [0.2, 0.25) is 5.91 Å². The van der Waals surface area contributed by atoms with Gasteiger partial charge in [0.25, 0.3) is 5.91 Å². The molecule has 1 N–H and O–H groups in total. The minimum atomic E-state index is -1.02. The first-order valence-electron chi connectivity index (χ1n) is 14.2. The fraction of sp³-hybridized carbons (Fsp3) is 0.235. The first-order valence-corrected chi connectivity index (χ1v) is 14.2. The smallest absolute Gasteiger partial charge is 0.251 e. The topological polar surface area (TPSA) is 102 Å². The number of rotatable bonds is 11. The van der Waals surface area contributed by atoms with E-state index in [-0.39, 0.29) is 24.9 Å². The molecule has 2 amide bonds. The van der Waals surface area contributed by atoms with E-state index in [2.05, 4.69) is 15.6 Å². The molecule has 0 aliphatic carbocycles. The maximum absolute atomic E-state index is 14.3. The molecule has 4 aromatic carbocycles. The number of nitrogens with zero attached hydrogens (tertiary/aromatic N) is 5. The van der Waals surface area contributed by atoms with Gasteiger partial charge in [-0.15, -0.1) is 5.10 Å². The molecular formula is C34H36N6O4. The van der Waals surface area contributed by atoms with E-state index >= 15 is 0 Å². The van der Waals surface area contributed by atoms with Crippen molar-refractivity contribution in [3.05, 3.63) is 108 Å². The molecule has 5 aromatic rings. The van der Waals surface area contributed by atoms with Gasteiger partial charge < -0.3 is 24.6 Å². The summed E-state index contributed by atoms with van der Waals surface area (Å²) in [5.74, 6) is 0.284. The number of methoxy groups -OCH3 is 2. The Kier molecular flexibility index (Phi) is 9.09. The lowest BCUT2D eigenvalue weighted by molar-refractivity contribution is -0.140. The highest BCUT2D eigenvalue weighted by Crippen LogP contribution is 2.34. The number of amides is 2. The summed E-state index contributed by atoms with van der Waals surface area (Å²) in [6, 6.07) is 27.0. The second kappa shape index (κ2) is 13.3. The number of nitrogens with one attached hydrogen (secondary N) is 1. The molecule has 0 bridgehead atoms. The van der Waals surface area contributed by atoms with Gasteiger partial charge in [-0.1, -0.05) is 47.7 Å². The molecule has 0 saturated carbocycles. The Bertz CT molecular complexity index is 1770. The summed E-state index contributed by atoms with van der Waals surface area (Å²) >= 11 is 0. The van der Waals surface area contributed by atoms with Crippen molar-refractivity contribution < 1.29 is 19.1 Å². The predicted octanol–water partition coefficient (Wildman–Crippen LogP) is 5.23. The number of hydrogen-bond donors (Lipinski definition) is 1. The van der Waals surface area contributed by atoms with Gasteiger partial charge in [-0.25, -0.2) is 4.68 Å². The van der Waals surface area contributed by atoms with Crippen molar-refractivity contribution in [2.75, 3.05) is 38.5 Å². The number of aromatic nitrogens is 3. The molecule has 0 saturated heterocycles. The van der Waals surface area contributed by atoms with Gasteiger partial charge in [0.05, 0.1) is 19.7 Å². The van der Waals surface area contributed by atoms with Crippen LogP contribution in [0.15, 0.2) is 91.0 Å². The summed E-state index contributed by atoms with van der Waals surface area (Å²) in [5, 5.41) is 11.5. The first kappa shape index (κ1) is 30.1. The van der Waals surface area contributed by atoms with E-state index in [1.54, 1.807) is 34.9 Å². The molecule has 0 fully saturated rings. The highest BCUT2D eigenvalue weighted by atomic mass is 16.5. The van der Waals surface area contributed by atoms with Crippen LogP contribution in [-0.2, 0) is 22.7 Å². The Morgan fingerprint density at radius 1 is 0.886 bits per heavy atom. The second-order valence-electron chi connectivity index (χ2n) is 10.6. The van der Waals surface area contributed by atoms with Crippen LogP contribution in [0.5, 0.6) is 11.5 Å². The van der Waals surface area contributed by atoms with Crippen molar-refractivity contribution in [2.45, 2.75) is 26.1 Å². The molecule has 10 heteroatoms. The second-order valence-corrected chi connectivity index (χ2v) is 10.6. The quantitative estimate of drug-likeness (QED) is 0.224. The van der Waals surface area contributed by atoms with Crippen molar-refractivity contribution in [3.63, 3.8) is 0 Å². The fourth-order valence-electron chi connectivity index (χ4n) is 5.10. The molecule has 0 aliphatic rings. The number of aryl methyl sites for hydroxylation is 1. The van der Waals surface area contributed by atoms with Crippen LogP contribution in [0.2, 0.25) is 0 Å². The van der Waals surface area contributed by atoms with Crippen molar-refractivity contribution in [1.82, 2.24) is 19.9 Å². The van der Waals surface area contributed by atoms with Crippen LogP contribution < -0.4 is 19.7 Å². The maximum Gasteiger partial charge on any atom is 0.251 e. The lowest BCUT2D eigenvalue weighted by Gasteiger charge is -2.32. The van der Waals surface area contributed by atoms with Crippen LogP contribution in [-0.4, -0.2) is 60.0 Å². The fourth-order valence-corrected chi connectivity index (χ4v) is 5.10. The van der Waals surface area contributed by atoms with Crippen molar-refractivity contribution >= 4 is 34.2 Å². The Labute approximate surface area is 256 Å². The van der Waals surface area contributed by atoms with Gasteiger partial charge in [0, 0.05) is 32.0 Å². The molecule has 0 spiro atoms. The van der Waals surface area contributed by atoms with Gasteiger partial charge in [0.1, 0.15) is 18.1 Å². The highest BCUT2D eigenvalue weighted by Gasteiger charge is 2.33. The van der Waals surface area contributed by atoms with E-state index in [0.717, 1.165) is 22.3 Å². The van der Waals surface area contributed by atoms with Crippen LogP contribution in [0.25, 0.3) is 11.0 Å². The number of para-hydroxylation sites is 1. The monoisotopic (exact) mass is 592 g/mol. The molecule has 1 atom stereocenters. The Morgan fingerprint density at radius 2 is 1.59 bits per heavy atom. The summed E-state index contributed by atoms with van der Waals surface area (Å²) in [4.78, 5) is 32.2. The minimum absolute atomic E-state index is 0.110. The molecule has 1 unspecified atom stereocenters. The van der Waals surface area contributed by atoms with Gasteiger partial charge >= 0.3 is 0 Å². The summed E-state index contributed by atoms with van der Waals surface area (Å²) in [7, 11) is 6.99. The molecule has 0 aliphatic heterocycles. The third kappa shape index (κ3) is 6.49. The largest absolute Gasteiger partial charge is 0.493 e. The number of hydrogen-bond acceptors (Lipinski definition) is 7. The molecule has 1 aromatic heterocycles. The van der Waals surface area contributed by atoms with Crippen LogP contribution in [0, 0.1) is 6.92 Å². The summed E-state index contributed by atoms with van der Waals surface area (Å²) in [6.45, 7) is 2.06. The van der Waals surface area contributed by atoms with Gasteiger partial charge in [-0.2, -0.15) is 0 Å². The predicted molar refractivity (Wildman–Crippen MR) is 171 cm³/mol. The van der Waals surface area contributed by atoms with E-state index < -0.39 is 6.04 Å². The molecule has 226 valence electrons. The minimum Gasteiger partial charge on any atom is -0.493 e. The van der Waals surface area contributed by atoms with Gasteiger partial charge in [-0.05, 0) is 72.1 Å². The first-order chi connectivity index (χ1) is 21.3. The zero-order valence-corrected chi connectivity index (χ0v) is 25.5. The maximum atomic E-state index is 14.3. The highest BCUT2D eigenvalue weighted by molar-refractivity contribution is 5.98. The lowest BCUT2D eigenvalue weighted by atomic mass is 10.0. The van der Waals surface area contributed by atoms with E-state index in [1.165, 1.54) is 7.11 Å². The van der Waals surface area contributed by atoms with E-state index in [4.69, 9.17) is 9.47 Å². The van der Waals surface area contributed by atoms with E-state index in [0.29, 0.717) is 28.3 Å². The third-order valence-corrected chi connectivity index (χ3v) is 7.56. The molecule has 1 heterocycles. The summed E-state index contributed by atoms with van der Waals surface area (Å²) < 4.78 is 12.6. The lowest BCUT2D eigenvalue weighted by Crippen LogP contribution is -2.42. The van der Waals surface area contributed by atoms with Crippen LogP contribution >= 0.6 is 0 Å². The van der Waals surface area contributed by atoms with Crippen molar-refractivity contribution in [2.24, 2.45) is 0 Å². The Hall–Kier alpha value is -5.38. The third-order valence-electron chi connectivity index (χ3n) is 7.56. The molecule has 44 heavy (non-hydrogen) atoms. The zero-order chi connectivity index (χ0) is 31.2. The summed E-state index contributed by atoms with van der Waals surface area (Å²) in [6.07, 6.45) is 0. The Morgan fingerprint density at radius 3 is 2.30 bits per heavy atom. The number of ether oxygens (including phenoxy) is 2. The molecule has 10 nitrogen and oxygen atoms in total. The normalized spacial score (nSPS) is 11.6. The number of anilines is 2. The molecular weight excluding hydrogens is 556 g/mol. The van der Waals surface area contributed by atoms with Crippen molar-refractivity contribution in [1.29, 1.82) is 0 Å².